The summed E-state index contributed by atoms with van der Waals surface area (Å²) >= 11 is 0. The van der Waals surface area contributed by atoms with Gasteiger partial charge in [0.05, 0.1) is 6.54 Å². The SMILES string of the molecule is CN(C)CC#CC1(O)CCCC1. The van der Waals surface area contributed by atoms with Crippen LogP contribution >= 0.6 is 0 Å². The van der Waals surface area contributed by atoms with Gasteiger partial charge in [-0.3, -0.25) is 4.90 Å². The third-order valence-electron chi connectivity index (χ3n) is 2.15. The second-order valence-electron chi connectivity index (χ2n) is 3.78. The molecule has 1 fully saturated rings. The van der Waals surface area contributed by atoms with Gasteiger partial charge in [0, 0.05) is 0 Å². The van der Waals surface area contributed by atoms with Gasteiger partial charge < -0.3 is 5.11 Å². The molecule has 12 heavy (non-hydrogen) atoms. The summed E-state index contributed by atoms with van der Waals surface area (Å²) in [5.41, 5.74) is -0.657. The Hall–Kier alpha value is -0.520. The van der Waals surface area contributed by atoms with Crippen LogP contribution in [0.25, 0.3) is 0 Å². The normalized spacial score (nSPS) is 20.7. The summed E-state index contributed by atoms with van der Waals surface area (Å²) in [7, 11) is 3.96. The van der Waals surface area contributed by atoms with Gasteiger partial charge in [0.2, 0.25) is 0 Å². The zero-order valence-electron chi connectivity index (χ0n) is 7.93. The molecule has 1 saturated carbocycles. The lowest BCUT2D eigenvalue weighted by molar-refractivity contribution is 0.110. The van der Waals surface area contributed by atoms with Crippen molar-refractivity contribution in [1.82, 2.24) is 4.90 Å². The molecule has 68 valence electrons. The highest BCUT2D eigenvalue weighted by molar-refractivity contribution is 5.16. The highest BCUT2D eigenvalue weighted by Crippen LogP contribution is 2.28. The average Bonchev–Trinajstić information content (AvgIpc) is 2.35. The van der Waals surface area contributed by atoms with Gasteiger partial charge in [-0.25, -0.2) is 0 Å². The van der Waals surface area contributed by atoms with E-state index in [0.717, 1.165) is 32.2 Å². The number of rotatable bonds is 1. The first-order chi connectivity index (χ1) is 5.62. The smallest absolute Gasteiger partial charge is 0.125 e. The molecule has 0 atom stereocenters. The fraction of sp³-hybridized carbons (Fsp3) is 0.800. The Balaban J connectivity index is 2.40. The molecule has 0 aromatic rings. The Kier molecular flexibility index (Phi) is 3.13. The summed E-state index contributed by atoms with van der Waals surface area (Å²) in [5, 5.41) is 9.81. The zero-order chi connectivity index (χ0) is 9.03. The van der Waals surface area contributed by atoms with Crippen LogP contribution in [0.15, 0.2) is 0 Å². The van der Waals surface area contributed by atoms with Gasteiger partial charge in [-0.2, -0.15) is 0 Å². The molecule has 2 nitrogen and oxygen atoms in total. The lowest BCUT2D eigenvalue weighted by atomic mass is 10.0. The summed E-state index contributed by atoms with van der Waals surface area (Å²) in [6.07, 6.45) is 3.95. The molecule has 0 radical (unpaired) electrons. The molecule has 0 bridgehead atoms. The molecule has 2 heteroatoms. The Labute approximate surface area is 74.6 Å². The van der Waals surface area contributed by atoms with E-state index in [4.69, 9.17) is 0 Å². The minimum atomic E-state index is -0.657. The van der Waals surface area contributed by atoms with Crippen LogP contribution in [0.1, 0.15) is 25.7 Å². The van der Waals surface area contributed by atoms with E-state index in [-0.39, 0.29) is 0 Å². The highest BCUT2D eigenvalue weighted by atomic mass is 16.3. The van der Waals surface area contributed by atoms with Crippen molar-refractivity contribution in [3.63, 3.8) is 0 Å². The highest BCUT2D eigenvalue weighted by Gasteiger charge is 2.28. The van der Waals surface area contributed by atoms with Crippen LogP contribution in [0.4, 0.5) is 0 Å². The van der Waals surface area contributed by atoms with Gasteiger partial charge in [-0.05, 0) is 39.8 Å². The number of aliphatic hydroxyl groups is 1. The second kappa shape index (κ2) is 3.93. The van der Waals surface area contributed by atoms with Gasteiger partial charge in [-0.15, -0.1) is 0 Å². The number of nitrogens with zero attached hydrogens (tertiary/aromatic N) is 1. The van der Waals surface area contributed by atoms with Gasteiger partial charge in [-0.1, -0.05) is 11.8 Å². The van der Waals surface area contributed by atoms with Crippen LogP contribution < -0.4 is 0 Å². The van der Waals surface area contributed by atoms with Crippen molar-refractivity contribution in [2.75, 3.05) is 20.6 Å². The van der Waals surface area contributed by atoms with Crippen LogP contribution in [-0.2, 0) is 0 Å². The van der Waals surface area contributed by atoms with Crippen molar-refractivity contribution >= 4 is 0 Å². The maximum Gasteiger partial charge on any atom is 0.125 e. The maximum absolute atomic E-state index is 9.81. The monoisotopic (exact) mass is 167 g/mol. The average molecular weight is 167 g/mol. The molecule has 0 saturated heterocycles. The van der Waals surface area contributed by atoms with Crippen LogP contribution in [0, 0.1) is 11.8 Å². The van der Waals surface area contributed by atoms with Crippen molar-refractivity contribution in [2.24, 2.45) is 0 Å². The number of hydrogen-bond acceptors (Lipinski definition) is 2. The molecule has 0 aromatic heterocycles. The largest absolute Gasteiger partial charge is 0.378 e. The fourth-order valence-electron chi connectivity index (χ4n) is 1.45. The van der Waals surface area contributed by atoms with E-state index >= 15 is 0 Å². The molecule has 1 aliphatic carbocycles. The van der Waals surface area contributed by atoms with Gasteiger partial charge in [0.1, 0.15) is 5.60 Å². The fourth-order valence-corrected chi connectivity index (χ4v) is 1.45. The van der Waals surface area contributed by atoms with Crippen molar-refractivity contribution < 1.29 is 5.11 Å². The summed E-state index contributed by atoms with van der Waals surface area (Å²) in [6, 6.07) is 0. The Morgan fingerprint density at radius 1 is 1.33 bits per heavy atom. The molecule has 1 rings (SSSR count). The Morgan fingerprint density at radius 3 is 2.42 bits per heavy atom. The minimum absolute atomic E-state index is 0.657. The molecule has 0 amide bonds. The second-order valence-corrected chi connectivity index (χ2v) is 3.78. The third kappa shape index (κ3) is 2.84. The first-order valence-corrected chi connectivity index (χ1v) is 4.49. The van der Waals surface area contributed by atoms with E-state index in [0.29, 0.717) is 0 Å². The van der Waals surface area contributed by atoms with E-state index in [1.54, 1.807) is 0 Å². The van der Waals surface area contributed by atoms with Crippen molar-refractivity contribution in [3.8, 4) is 11.8 Å². The molecule has 0 aromatic carbocycles. The molecular formula is C10H17NO. The quantitative estimate of drug-likeness (QED) is 0.585. The topological polar surface area (TPSA) is 23.5 Å². The lowest BCUT2D eigenvalue weighted by Crippen LogP contribution is -2.21. The molecule has 0 aliphatic heterocycles. The minimum Gasteiger partial charge on any atom is -0.378 e. The third-order valence-corrected chi connectivity index (χ3v) is 2.15. The van der Waals surface area contributed by atoms with E-state index in [1.807, 2.05) is 19.0 Å². The molecule has 0 spiro atoms. The first kappa shape index (κ1) is 9.57. The van der Waals surface area contributed by atoms with Crippen molar-refractivity contribution in [3.05, 3.63) is 0 Å². The molecule has 0 unspecified atom stereocenters. The predicted octanol–water partition coefficient (Wildman–Crippen LogP) is 0.856. The summed E-state index contributed by atoms with van der Waals surface area (Å²) in [5.74, 6) is 5.95. The standard InChI is InChI=1S/C10H17NO/c1-11(2)9-5-8-10(12)6-3-4-7-10/h12H,3-4,6-7,9H2,1-2H3. The number of hydrogen-bond donors (Lipinski definition) is 1. The van der Waals surface area contributed by atoms with Crippen LogP contribution in [0.3, 0.4) is 0 Å². The van der Waals surface area contributed by atoms with Gasteiger partial charge in [0.15, 0.2) is 0 Å². The van der Waals surface area contributed by atoms with E-state index < -0.39 is 5.60 Å². The van der Waals surface area contributed by atoms with E-state index in [9.17, 15) is 5.11 Å². The van der Waals surface area contributed by atoms with Crippen LogP contribution in [0.2, 0.25) is 0 Å². The van der Waals surface area contributed by atoms with Crippen molar-refractivity contribution in [1.29, 1.82) is 0 Å². The maximum atomic E-state index is 9.81. The lowest BCUT2D eigenvalue weighted by Gasteiger charge is -2.13. The molecule has 0 heterocycles. The van der Waals surface area contributed by atoms with E-state index in [2.05, 4.69) is 11.8 Å². The summed E-state index contributed by atoms with van der Waals surface area (Å²) < 4.78 is 0. The Morgan fingerprint density at radius 2 is 1.92 bits per heavy atom. The summed E-state index contributed by atoms with van der Waals surface area (Å²) in [6.45, 7) is 0.738. The predicted molar refractivity (Wildman–Crippen MR) is 49.7 cm³/mol. The van der Waals surface area contributed by atoms with Crippen molar-refractivity contribution in [2.45, 2.75) is 31.3 Å². The zero-order valence-corrected chi connectivity index (χ0v) is 7.93. The van der Waals surface area contributed by atoms with Crippen LogP contribution in [-0.4, -0.2) is 36.2 Å². The van der Waals surface area contributed by atoms with Gasteiger partial charge in [0.25, 0.3) is 0 Å². The Bertz CT molecular complexity index is 194. The first-order valence-electron chi connectivity index (χ1n) is 4.49. The van der Waals surface area contributed by atoms with E-state index in [1.165, 1.54) is 0 Å². The molecule has 1 N–H and O–H groups in total. The summed E-state index contributed by atoms with van der Waals surface area (Å²) in [4.78, 5) is 2.01. The molecular weight excluding hydrogens is 150 g/mol. The molecule has 1 aliphatic rings. The van der Waals surface area contributed by atoms with Crippen LogP contribution in [0.5, 0.6) is 0 Å². The van der Waals surface area contributed by atoms with Gasteiger partial charge >= 0.3 is 0 Å².